The van der Waals surface area contributed by atoms with Crippen LogP contribution in [0, 0.1) is 5.92 Å². The summed E-state index contributed by atoms with van der Waals surface area (Å²) in [5.74, 6) is 1.63. The largest absolute Gasteiger partial charge is 0.375 e. The van der Waals surface area contributed by atoms with Gasteiger partial charge in [0.05, 0.1) is 12.7 Å². The SMILES string of the molecule is CN(C)c1cc(CC[C@@H]2CN(C(=O)C3CC3)CCO2)ccn1. The number of carbonyl (C=O) groups excluding carboxylic acids is 1. The number of carbonyl (C=O) groups is 1. The molecule has 1 amide bonds. The summed E-state index contributed by atoms with van der Waals surface area (Å²) < 4.78 is 5.84. The number of hydrogen-bond acceptors (Lipinski definition) is 4. The van der Waals surface area contributed by atoms with Gasteiger partial charge in [0.25, 0.3) is 0 Å². The highest BCUT2D eigenvalue weighted by Gasteiger charge is 2.35. The minimum absolute atomic E-state index is 0.160. The molecule has 1 saturated carbocycles. The standard InChI is InChI=1S/C17H25N3O2/c1-19(2)16-11-13(7-8-18-16)3-6-15-12-20(9-10-22-15)17(21)14-4-5-14/h7-8,11,14-15H,3-6,9-10,12H2,1-2H3/t15-/m1/s1. The average molecular weight is 303 g/mol. The highest BCUT2D eigenvalue weighted by molar-refractivity contribution is 5.81. The Hall–Kier alpha value is -1.62. The van der Waals surface area contributed by atoms with Gasteiger partial charge in [-0.05, 0) is 43.4 Å². The highest BCUT2D eigenvalue weighted by Crippen LogP contribution is 2.31. The lowest BCUT2D eigenvalue weighted by Crippen LogP contribution is -2.46. The number of morpholine rings is 1. The molecule has 1 aliphatic carbocycles. The summed E-state index contributed by atoms with van der Waals surface area (Å²) in [6.45, 7) is 2.18. The Labute approximate surface area is 132 Å². The van der Waals surface area contributed by atoms with Crippen molar-refractivity contribution in [3.63, 3.8) is 0 Å². The van der Waals surface area contributed by atoms with E-state index in [9.17, 15) is 4.79 Å². The van der Waals surface area contributed by atoms with E-state index in [1.807, 2.05) is 30.1 Å². The maximum Gasteiger partial charge on any atom is 0.225 e. The van der Waals surface area contributed by atoms with Gasteiger partial charge < -0.3 is 14.5 Å². The zero-order valence-corrected chi connectivity index (χ0v) is 13.5. The van der Waals surface area contributed by atoms with Crippen LogP contribution in [0.3, 0.4) is 0 Å². The van der Waals surface area contributed by atoms with E-state index in [-0.39, 0.29) is 6.10 Å². The Morgan fingerprint density at radius 2 is 2.27 bits per heavy atom. The molecule has 2 fully saturated rings. The number of pyridine rings is 1. The molecule has 0 unspecified atom stereocenters. The van der Waals surface area contributed by atoms with Crippen molar-refractivity contribution < 1.29 is 9.53 Å². The van der Waals surface area contributed by atoms with Crippen LogP contribution in [-0.2, 0) is 16.0 Å². The predicted octanol–water partition coefficient (Wildman–Crippen LogP) is 1.72. The molecule has 0 aromatic carbocycles. The van der Waals surface area contributed by atoms with Crippen molar-refractivity contribution in [3.8, 4) is 0 Å². The van der Waals surface area contributed by atoms with E-state index in [0.717, 1.165) is 44.6 Å². The molecule has 1 aromatic heterocycles. The van der Waals surface area contributed by atoms with Crippen LogP contribution in [-0.4, -0.2) is 55.7 Å². The molecule has 1 aliphatic heterocycles. The summed E-state index contributed by atoms with van der Waals surface area (Å²) in [5.41, 5.74) is 1.27. The van der Waals surface area contributed by atoms with Crippen LogP contribution in [0.1, 0.15) is 24.8 Å². The molecule has 22 heavy (non-hydrogen) atoms. The van der Waals surface area contributed by atoms with E-state index >= 15 is 0 Å². The van der Waals surface area contributed by atoms with Crippen LogP contribution in [0.4, 0.5) is 5.82 Å². The third-order valence-corrected chi connectivity index (χ3v) is 4.40. The Morgan fingerprint density at radius 3 is 3.00 bits per heavy atom. The summed E-state index contributed by atoms with van der Waals surface area (Å²) in [6.07, 6.45) is 6.07. The van der Waals surface area contributed by atoms with E-state index in [0.29, 0.717) is 18.4 Å². The third-order valence-electron chi connectivity index (χ3n) is 4.40. The van der Waals surface area contributed by atoms with Crippen LogP contribution in [0.2, 0.25) is 0 Å². The minimum atomic E-state index is 0.160. The summed E-state index contributed by atoms with van der Waals surface area (Å²) in [4.78, 5) is 20.5. The summed E-state index contributed by atoms with van der Waals surface area (Å²) in [6, 6.07) is 4.18. The van der Waals surface area contributed by atoms with Gasteiger partial charge in [0.1, 0.15) is 5.82 Å². The third kappa shape index (κ3) is 3.77. The molecule has 3 rings (SSSR count). The smallest absolute Gasteiger partial charge is 0.225 e. The van der Waals surface area contributed by atoms with Crippen LogP contribution < -0.4 is 4.90 Å². The average Bonchev–Trinajstić information content (AvgIpc) is 3.37. The molecule has 0 bridgehead atoms. The summed E-state index contributed by atoms with van der Waals surface area (Å²) in [7, 11) is 4.00. The molecule has 5 heteroatoms. The number of aryl methyl sites for hydroxylation is 1. The Morgan fingerprint density at radius 1 is 1.45 bits per heavy atom. The van der Waals surface area contributed by atoms with Gasteiger partial charge in [0.15, 0.2) is 0 Å². The van der Waals surface area contributed by atoms with Gasteiger partial charge in [-0.2, -0.15) is 0 Å². The van der Waals surface area contributed by atoms with Gasteiger partial charge >= 0.3 is 0 Å². The van der Waals surface area contributed by atoms with E-state index in [1.165, 1.54) is 5.56 Å². The van der Waals surface area contributed by atoms with Crippen LogP contribution in [0.15, 0.2) is 18.3 Å². The molecule has 1 aromatic rings. The van der Waals surface area contributed by atoms with Crippen molar-refractivity contribution in [1.29, 1.82) is 0 Å². The molecule has 2 heterocycles. The number of amides is 1. The number of nitrogens with zero attached hydrogens (tertiary/aromatic N) is 3. The molecule has 1 saturated heterocycles. The fourth-order valence-electron chi connectivity index (χ4n) is 2.87. The number of aromatic nitrogens is 1. The monoisotopic (exact) mass is 303 g/mol. The fourth-order valence-corrected chi connectivity index (χ4v) is 2.87. The first-order valence-electron chi connectivity index (χ1n) is 8.16. The van der Waals surface area contributed by atoms with E-state index in [4.69, 9.17) is 4.74 Å². The molecular weight excluding hydrogens is 278 g/mol. The van der Waals surface area contributed by atoms with E-state index in [1.54, 1.807) is 0 Å². The number of rotatable bonds is 5. The zero-order chi connectivity index (χ0) is 15.5. The number of anilines is 1. The van der Waals surface area contributed by atoms with Crippen molar-refractivity contribution in [3.05, 3.63) is 23.9 Å². The summed E-state index contributed by atoms with van der Waals surface area (Å²) in [5, 5.41) is 0. The Balaban J connectivity index is 1.52. The molecule has 2 aliphatic rings. The van der Waals surface area contributed by atoms with Gasteiger partial charge in [0, 0.05) is 39.3 Å². The van der Waals surface area contributed by atoms with Gasteiger partial charge in [-0.15, -0.1) is 0 Å². The van der Waals surface area contributed by atoms with E-state index < -0.39 is 0 Å². The van der Waals surface area contributed by atoms with Crippen molar-refractivity contribution >= 4 is 11.7 Å². The van der Waals surface area contributed by atoms with Crippen molar-refractivity contribution in [1.82, 2.24) is 9.88 Å². The second-order valence-corrected chi connectivity index (χ2v) is 6.51. The van der Waals surface area contributed by atoms with Gasteiger partial charge in [0.2, 0.25) is 5.91 Å². The Kier molecular flexibility index (Phi) is 4.62. The predicted molar refractivity (Wildman–Crippen MR) is 85.9 cm³/mol. The van der Waals surface area contributed by atoms with Gasteiger partial charge in [-0.25, -0.2) is 4.98 Å². The second kappa shape index (κ2) is 6.65. The van der Waals surface area contributed by atoms with Crippen LogP contribution in [0.25, 0.3) is 0 Å². The normalized spacial score (nSPS) is 21.7. The van der Waals surface area contributed by atoms with Crippen LogP contribution in [0.5, 0.6) is 0 Å². The molecule has 1 atom stereocenters. The first-order chi connectivity index (χ1) is 10.6. The lowest BCUT2D eigenvalue weighted by atomic mass is 10.1. The lowest BCUT2D eigenvalue weighted by molar-refractivity contribution is -0.140. The van der Waals surface area contributed by atoms with Crippen LogP contribution >= 0.6 is 0 Å². The first-order valence-corrected chi connectivity index (χ1v) is 8.16. The van der Waals surface area contributed by atoms with E-state index in [2.05, 4.69) is 17.1 Å². The maximum absolute atomic E-state index is 12.2. The number of hydrogen-bond donors (Lipinski definition) is 0. The number of ether oxygens (including phenoxy) is 1. The molecular formula is C17H25N3O2. The molecule has 0 radical (unpaired) electrons. The Bertz CT molecular complexity index is 528. The lowest BCUT2D eigenvalue weighted by Gasteiger charge is -2.33. The quantitative estimate of drug-likeness (QED) is 0.831. The first kappa shape index (κ1) is 15.3. The molecule has 120 valence electrons. The second-order valence-electron chi connectivity index (χ2n) is 6.51. The fraction of sp³-hybridized carbons (Fsp3) is 0.647. The van der Waals surface area contributed by atoms with Crippen molar-refractivity contribution in [2.75, 3.05) is 38.7 Å². The highest BCUT2D eigenvalue weighted by atomic mass is 16.5. The van der Waals surface area contributed by atoms with Gasteiger partial charge in [-0.3, -0.25) is 4.79 Å². The summed E-state index contributed by atoms with van der Waals surface area (Å²) >= 11 is 0. The zero-order valence-electron chi connectivity index (χ0n) is 13.5. The molecule has 0 spiro atoms. The minimum Gasteiger partial charge on any atom is -0.375 e. The molecule has 0 N–H and O–H groups in total. The molecule has 5 nitrogen and oxygen atoms in total. The maximum atomic E-state index is 12.2. The van der Waals surface area contributed by atoms with Crippen molar-refractivity contribution in [2.45, 2.75) is 31.8 Å². The topological polar surface area (TPSA) is 45.7 Å². The van der Waals surface area contributed by atoms with Gasteiger partial charge in [-0.1, -0.05) is 0 Å². The van der Waals surface area contributed by atoms with Crippen molar-refractivity contribution in [2.24, 2.45) is 5.92 Å².